The summed E-state index contributed by atoms with van der Waals surface area (Å²) in [6, 6.07) is 6.49. The normalized spacial score (nSPS) is 24.3. The predicted octanol–water partition coefficient (Wildman–Crippen LogP) is 2.70. The molecule has 140 valence electrons. The number of hydrogen-bond acceptors (Lipinski definition) is 3. The van der Waals surface area contributed by atoms with Crippen molar-refractivity contribution in [3.63, 3.8) is 0 Å². The van der Waals surface area contributed by atoms with Gasteiger partial charge in [-0.25, -0.2) is 13.6 Å². The second kappa shape index (κ2) is 8.32. The van der Waals surface area contributed by atoms with Crippen LogP contribution in [0, 0.1) is 23.7 Å². The van der Waals surface area contributed by atoms with Crippen molar-refractivity contribution < 1.29 is 13.2 Å². The van der Waals surface area contributed by atoms with Gasteiger partial charge in [0.25, 0.3) is 0 Å². The molecule has 25 heavy (non-hydrogen) atoms. The van der Waals surface area contributed by atoms with Crippen molar-refractivity contribution in [3.05, 3.63) is 29.8 Å². The maximum Gasteiger partial charge on any atom is 0.238 e. The minimum Gasteiger partial charge on any atom is -0.356 e. The van der Waals surface area contributed by atoms with E-state index in [1.807, 2.05) is 0 Å². The van der Waals surface area contributed by atoms with E-state index in [0.29, 0.717) is 30.7 Å². The lowest BCUT2D eigenvalue weighted by atomic mass is 9.70. The lowest BCUT2D eigenvalue weighted by Gasteiger charge is -2.36. The zero-order valence-corrected chi connectivity index (χ0v) is 16.2. The van der Waals surface area contributed by atoms with Crippen LogP contribution in [0.25, 0.3) is 0 Å². The molecule has 1 aliphatic carbocycles. The maximum atomic E-state index is 12.6. The number of carbonyl (C=O) groups is 1. The lowest BCUT2D eigenvalue weighted by molar-refractivity contribution is -0.129. The summed E-state index contributed by atoms with van der Waals surface area (Å²) in [7, 11) is -3.66. The van der Waals surface area contributed by atoms with Crippen LogP contribution >= 0.6 is 0 Å². The van der Waals surface area contributed by atoms with Crippen LogP contribution in [0.4, 0.5) is 0 Å². The van der Waals surface area contributed by atoms with Crippen molar-refractivity contribution in [2.45, 2.75) is 51.3 Å². The van der Waals surface area contributed by atoms with Gasteiger partial charge in [0.1, 0.15) is 0 Å². The van der Waals surface area contributed by atoms with Crippen LogP contribution in [0.1, 0.15) is 45.6 Å². The van der Waals surface area contributed by atoms with Crippen LogP contribution in [0.3, 0.4) is 0 Å². The molecule has 1 aromatic carbocycles. The monoisotopic (exact) mass is 366 g/mol. The summed E-state index contributed by atoms with van der Waals surface area (Å²) in [6.45, 7) is 7.19. The molecular formula is C19H30N2O3S. The fraction of sp³-hybridized carbons (Fsp3) is 0.632. The van der Waals surface area contributed by atoms with Gasteiger partial charge in [0.2, 0.25) is 15.9 Å². The minimum absolute atomic E-state index is 0.105. The first-order chi connectivity index (χ1) is 11.7. The molecule has 1 fully saturated rings. The van der Waals surface area contributed by atoms with E-state index >= 15 is 0 Å². The van der Waals surface area contributed by atoms with Crippen molar-refractivity contribution in [1.29, 1.82) is 0 Å². The van der Waals surface area contributed by atoms with Crippen molar-refractivity contribution in [1.82, 2.24) is 5.32 Å². The van der Waals surface area contributed by atoms with E-state index in [2.05, 4.69) is 26.1 Å². The number of nitrogens with one attached hydrogen (secondary N) is 1. The summed E-state index contributed by atoms with van der Waals surface area (Å²) in [6.07, 6.45) is 3.98. The Morgan fingerprint density at radius 2 is 1.88 bits per heavy atom. The van der Waals surface area contributed by atoms with Gasteiger partial charge in [-0.15, -0.1) is 0 Å². The highest BCUT2D eigenvalue weighted by atomic mass is 32.2. The van der Waals surface area contributed by atoms with Gasteiger partial charge in [0.15, 0.2) is 0 Å². The van der Waals surface area contributed by atoms with E-state index in [1.165, 1.54) is 18.6 Å². The van der Waals surface area contributed by atoms with Gasteiger partial charge >= 0.3 is 0 Å². The smallest absolute Gasteiger partial charge is 0.238 e. The molecule has 3 N–H and O–H groups in total. The number of nitrogens with two attached hydrogens (primary N) is 1. The van der Waals surface area contributed by atoms with E-state index in [9.17, 15) is 13.2 Å². The topological polar surface area (TPSA) is 89.3 Å². The van der Waals surface area contributed by atoms with Gasteiger partial charge in [0.05, 0.1) is 4.90 Å². The number of benzene rings is 1. The highest BCUT2D eigenvalue weighted by Crippen LogP contribution is 2.38. The maximum absolute atomic E-state index is 12.6. The first-order valence-electron chi connectivity index (χ1n) is 9.08. The van der Waals surface area contributed by atoms with E-state index in [4.69, 9.17) is 5.14 Å². The minimum atomic E-state index is -3.66. The van der Waals surface area contributed by atoms with E-state index in [-0.39, 0.29) is 16.7 Å². The zero-order chi connectivity index (χ0) is 18.6. The third kappa shape index (κ3) is 5.54. The summed E-state index contributed by atoms with van der Waals surface area (Å²) in [5.74, 6) is 1.86. The van der Waals surface area contributed by atoms with Crippen molar-refractivity contribution >= 4 is 15.9 Å². The Bertz CT molecular complexity index is 683. The van der Waals surface area contributed by atoms with E-state index in [0.717, 1.165) is 18.4 Å². The van der Waals surface area contributed by atoms with Crippen molar-refractivity contribution in [3.8, 4) is 0 Å². The van der Waals surface area contributed by atoms with Crippen LogP contribution in [-0.4, -0.2) is 20.9 Å². The molecule has 1 aliphatic rings. The number of sulfonamides is 1. The molecule has 0 aromatic heterocycles. The van der Waals surface area contributed by atoms with Crippen LogP contribution in [0.2, 0.25) is 0 Å². The summed E-state index contributed by atoms with van der Waals surface area (Å²) in [4.78, 5) is 12.7. The number of rotatable bonds is 6. The molecule has 0 unspecified atom stereocenters. The first-order valence-corrected chi connectivity index (χ1v) is 10.6. The van der Waals surface area contributed by atoms with Gasteiger partial charge in [-0.2, -0.15) is 0 Å². The highest BCUT2D eigenvalue weighted by Gasteiger charge is 2.35. The number of amides is 1. The van der Waals surface area contributed by atoms with E-state index in [1.54, 1.807) is 12.1 Å². The summed E-state index contributed by atoms with van der Waals surface area (Å²) in [5.41, 5.74) is 0.977. The summed E-state index contributed by atoms with van der Waals surface area (Å²) in [5, 5.41) is 8.16. The molecule has 0 radical (unpaired) electrons. The Balaban J connectivity index is 1.89. The third-order valence-electron chi connectivity index (χ3n) is 5.32. The largest absolute Gasteiger partial charge is 0.356 e. The van der Waals surface area contributed by atoms with Gasteiger partial charge in [0, 0.05) is 12.5 Å². The number of hydrogen-bond donors (Lipinski definition) is 2. The molecular weight excluding hydrogens is 336 g/mol. The highest BCUT2D eigenvalue weighted by molar-refractivity contribution is 7.89. The molecule has 0 spiro atoms. The Morgan fingerprint density at radius 3 is 2.44 bits per heavy atom. The fourth-order valence-corrected chi connectivity index (χ4v) is 4.33. The average molecular weight is 367 g/mol. The SMILES string of the molecule is CC(C)[C@@H]1CC[C@@H](C)C[C@H]1C(=O)NCCc1ccc(S(N)(=O)=O)cc1. The van der Waals surface area contributed by atoms with Crippen LogP contribution in [0.15, 0.2) is 29.2 Å². The van der Waals surface area contributed by atoms with Crippen LogP contribution in [-0.2, 0) is 21.2 Å². The Hall–Kier alpha value is -1.40. The van der Waals surface area contributed by atoms with Gasteiger partial charge < -0.3 is 5.32 Å². The zero-order valence-electron chi connectivity index (χ0n) is 15.4. The van der Waals surface area contributed by atoms with Crippen molar-refractivity contribution in [2.75, 3.05) is 6.54 Å². The first kappa shape index (κ1) is 19.9. The Kier molecular flexibility index (Phi) is 6.63. The van der Waals surface area contributed by atoms with E-state index < -0.39 is 10.0 Å². The third-order valence-corrected chi connectivity index (χ3v) is 6.25. The molecule has 0 aliphatic heterocycles. The number of primary sulfonamides is 1. The van der Waals surface area contributed by atoms with Crippen molar-refractivity contribution in [2.24, 2.45) is 28.8 Å². The molecule has 1 amide bonds. The molecule has 0 bridgehead atoms. The standard InChI is InChI=1S/C19H30N2O3S/c1-13(2)17-9-4-14(3)12-18(17)19(22)21-11-10-15-5-7-16(8-6-15)25(20,23)24/h5-8,13-14,17-18H,4,9-12H2,1-3H3,(H,21,22)(H2,20,23,24)/t14-,17+,18-/m1/s1. The molecule has 5 nitrogen and oxygen atoms in total. The van der Waals surface area contributed by atoms with Gasteiger partial charge in [-0.05, 0) is 54.7 Å². The fourth-order valence-electron chi connectivity index (χ4n) is 3.81. The molecule has 1 aromatic rings. The van der Waals surface area contributed by atoms with Gasteiger partial charge in [-0.3, -0.25) is 4.79 Å². The summed E-state index contributed by atoms with van der Waals surface area (Å²) < 4.78 is 22.5. The molecule has 0 heterocycles. The second-order valence-electron chi connectivity index (χ2n) is 7.66. The molecule has 2 rings (SSSR count). The second-order valence-corrected chi connectivity index (χ2v) is 9.22. The molecule has 3 atom stereocenters. The van der Waals surface area contributed by atoms with Gasteiger partial charge in [-0.1, -0.05) is 39.3 Å². The molecule has 0 saturated heterocycles. The molecule has 1 saturated carbocycles. The predicted molar refractivity (Wildman–Crippen MR) is 99.4 cm³/mol. The summed E-state index contributed by atoms with van der Waals surface area (Å²) >= 11 is 0. The van der Waals surface area contributed by atoms with Crippen LogP contribution in [0.5, 0.6) is 0 Å². The Labute approximate surface area is 151 Å². The van der Waals surface area contributed by atoms with Crippen LogP contribution < -0.4 is 10.5 Å². The average Bonchev–Trinajstić information content (AvgIpc) is 2.54. The Morgan fingerprint density at radius 1 is 1.24 bits per heavy atom. The quantitative estimate of drug-likeness (QED) is 0.811. The molecule has 6 heteroatoms. The number of carbonyl (C=O) groups excluding carboxylic acids is 1. The lowest BCUT2D eigenvalue weighted by Crippen LogP contribution is -2.40.